The first-order valence-electron chi connectivity index (χ1n) is 9.42. The number of urea groups is 1. The van der Waals surface area contributed by atoms with Gasteiger partial charge in [-0.05, 0) is 49.6 Å². The zero-order valence-corrected chi connectivity index (χ0v) is 17.0. The summed E-state index contributed by atoms with van der Waals surface area (Å²) in [7, 11) is 1.54. The number of carbonyl (C=O) groups is 1. The molecule has 152 valence electrons. The average molecular weight is 416 g/mol. The van der Waals surface area contributed by atoms with E-state index in [1.807, 2.05) is 13.0 Å². The third kappa shape index (κ3) is 3.80. The maximum absolute atomic E-state index is 12.6. The Hall–Kier alpha value is -3.00. The molecule has 8 nitrogen and oxygen atoms in total. The zero-order valence-electron chi connectivity index (χ0n) is 16.2. The number of aromatic amines is 1. The second-order valence-electron chi connectivity index (χ2n) is 7.18. The highest BCUT2D eigenvalue weighted by Crippen LogP contribution is 2.28. The van der Waals surface area contributed by atoms with Crippen LogP contribution in [0.25, 0.3) is 11.2 Å². The van der Waals surface area contributed by atoms with Crippen LogP contribution in [0, 0.1) is 6.92 Å². The van der Waals surface area contributed by atoms with Crippen LogP contribution in [0.3, 0.4) is 0 Å². The van der Waals surface area contributed by atoms with Gasteiger partial charge in [0.05, 0.1) is 17.6 Å². The number of ether oxygens (including phenoxy) is 1. The SMILES string of the molecule is COc1ccc(NC(=O)N2CCC(n3c(=O)[nH]c4cc(C)cnc43)CC2)cc1Cl. The highest BCUT2D eigenvalue weighted by molar-refractivity contribution is 6.32. The molecule has 29 heavy (non-hydrogen) atoms. The Bertz CT molecular complexity index is 1110. The third-order valence-electron chi connectivity index (χ3n) is 5.21. The standard InChI is InChI=1S/C20H22ClN5O3/c1-12-9-16-18(22-11-12)26(20(28)24-16)14-5-7-25(8-6-14)19(27)23-13-3-4-17(29-2)15(21)10-13/h3-4,9-11,14H,5-8H2,1-2H3,(H,23,27)(H,24,28). The van der Waals surface area contributed by atoms with E-state index in [0.29, 0.717) is 48.0 Å². The lowest BCUT2D eigenvalue weighted by Crippen LogP contribution is -2.42. The number of rotatable bonds is 3. The molecule has 3 heterocycles. The molecule has 0 saturated carbocycles. The van der Waals surface area contributed by atoms with E-state index in [2.05, 4.69) is 15.3 Å². The molecule has 3 aromatic rings. The Morgan fingerprint density at radius 3 is 2.76 bits per heavy atom. The minimum atomic E-state index is -0.190. The van der Waals surface area contributed by atoms with E-state index >= 15 is 0 Å². The minimum absolute atomic E-state index is 0.00550. The van der Waals surface area contributed by atoms with Crippen LogP contribution >= 0.6 is 11.6 Å². The number of piperidine rings is 1. The van der Waals surface area contributed by atoms with Gasteiger partial charge in [-0.2, -0.15) is 0 Å². The van der Waals surface area contributed by atoms with E-state index in [9.17, 15) is 9.59 Å². The van der Waals surface area contributed by atoms with E-state index < -0.39 is 0 Å². The fourth-order valence-electron chi connectivity index (χ4n) is 3.73. The molecule has 4 rings (SSSR count). The van der Waals surface area contributed by atoms with Crippen LogP contribution in [-0.4, -0.2) is 45.7 Å². The number of carbonyl (C=O) groups excluding carboxylic acids is 1. The Balaban J connectivity index is 1.43. The Morgan fingerprint density at radius 2 is 2.07 bits per heavy atom. The van der Waals surface area contributed by atoms with Gasteiger partial charge in [0.1, 0.15) is 5.75 Å². The summed E-state index contributed by atoms with van der Waals surface area (Å²) in [6, 6.07) is 6.85. The van der Waals surface area contributed by atoms with Gasteiger partial charge in [0.25, 0.3) is 0 Å². The summed E-state index contributed by atoms with van der Waals surface area (Å²) in [5.41, 5.74) is 2.85. The van der Waals surface area contributed by atoms with E-state index in [1.165, 1.54) is 0 Å². The number of aryl methyl sites for hydroxylation is 1. The Morgan fingerprint density at radius 1 is 1.31 bits per heavy atom. The van der Waals surface area contributed by atoms with E-state index in [-0.39, 0.29) is 17.8 Å². The van der Waals surface area contributed by atoms with Crippen LogP contribution in [0.15, 0.2) is 35.3 Å². The van der Waals surface area contributed by atoms with Crippen molar-refractivity contribution in [1.29, 1.82) is 0 Å². The number of H-pyrrole nitrogens is 1. The normalized spacial score (nSPS) is 14.9. The molecule has 1 aliphatic rings. The largest absolute Gasteiger partial charge is 0.495 e. The van der Waals surface area contributed by atoms with Crippen molar-refractivity contribution >= 4 is 34.5 Å². The van der Waals surface area contributed by atoms with Crippen LogP contribution in [0.5, 0.6) is 5.75 Å². The average Bonchev–Trinajstić information content (AvgIpc) is 3.03. The van der Waals surface area contributed by atoms with Crippen LogP contribution < -0.4 is 15.7 Å². The summed E-state index contributed by atoms with van der Waals surface area (Å²) >= 11 is 6.12. The second kappa shape index (κ2) is 7.79. The van der Waals surface area contributed by atoms with Crippen molar-refractivity contribution < 1.29 is 9.53 Å². The number of nitrogens with zero attached hydrogens (tertiary/aromatic N) is 3. The first-order chi connectivity index (χ1) is 14.0. The summed E-state index contributed by atoms with van der Waals surface area (Å²) < 4.78 is 6.84. The lowest BCUT2D eigenvalue weighted by Gasteiger charge is -2.32. The smallest absolute Gasteiger partial charge is 0.327 e. The number of aromatic nitrogens is 3. The zero-order chi connectivity index (χ0) is 20.5. The van der Waals surface area contributed by atoms with Crippen LogP contribution in [-0.2, 0) is 0 Å². The number of halogens is 1. The van der Waals surface area contributed by atoms with Gasteiger partial charge >= 0.3 is 11.7 Å². The van der Waals surface area contributed by atoms with Crippen molar-refractivity contribution in [1.82, 2.24) is 19.4 Å². The lowest BCUT2D eigenvalue weighted by molar-refractivity contribution is 0.184. The summed E-state index contributed by atoms with van der Waals surface area (Å²) in [4.78, 5) is 34.1. The number of anilines is 1. The number of hydrogen-bond acceptors (Lipinski definition) is 4. The molecule has 1 aromatic carbocycles. The molecular formula is C20H22ClN5O3. The highest BCUT2D eigenvalue weighted by atomic mass is 35.5. The predicted octanol–water partition coefficient (Wildman–Crippen LogP) is 3.56. The van der Waals surface area contributed by atoms with Gasteiger partial charge in [-0.15, -0.1) is 0 Å². The van der Waals surface area contributed by atoms with E-state index in [4.69, 9.17) is 16.3 Å². The maximum atomic E-state index is 12.6. The third-order valence-corrected chi connectivity index (χ3v) is 5.51. The minimum Gasteiger partial charge on any atom is -0.495 e. The fraction of sp³-hybridized carbons (Fsp3) is 0.350. The Labute approximate surface area is 172 Å². The topological polar surface area (TPSA) is 92.2 Å². The first-order valence-corrected chi connectivity index (χ1v) is 9.80. The molecule has 2 amide bonds. The van der Waals surface area contributed by atoms with Gasteiger partial charge in [-0.25, -0.2) is 14.6 Å². The van der Waals surface area contributed by atoms with Crippen LogP contribution in [0.1, 0.15) is 24.4 Å². The van der Waals surface area contributed by atoms with Gasteiger partial charge in [-0.3, -0.25) is 4.57 Å². The number of fused-ring (bicyclic) bond motifs is 1. The molecule has 2 N–H and O–H groups in total. The molecule has 0 radical (unpaired) electrons. The fourth-order valence-corrected chi connectivity index (χ4v) is 3.99. The number of hydrogen-bond donors (Lipinski definition) is 2. The highest BCUT2D eigenvalue weighted by Gasteiger charge is 2.26. The molecular weight excluding hydrogens is 394 g/mol. The molecule has 1 saturated heterocycles. The summed E-state index contributed by atoms with van der Waals surface area (Å²) in [6.45, 7) is 3.03. The van der Waals surface area contributed by atoms with Gasteiger partial charge in [0, 0.05) is 31.0 Å². The molecule has 0 spiro atoms. The van der Waals surface area contributed by atoms with E-state index in [0.717, 1.165) is 11.1 Å². The molecule has 0 aliphatic carbocycles. The monoisotopic (exact) mass is 415 g/mol. The van der Waals surface area contributed by atoms with Crippen LogP contribution in [0.4, 0.5) is 10.5 Å². The van der Waals surface area contributed by atoms with Gasteiger partial charge in [-0.1, -0.05) is 11.6 Å². The molecule has 9 heteroatoms. The molecule has 1 fully saturated rings. The van der Waals surface area contributed by atoms with E-state index in [1.54, 1.807) is 41.0 Å². The summed E-state index contributed by atoms with van der Waals surface area (Å²) in [5.74, 6) is 0.554. The van der Waals surface area contributed by atoms with Gasteiger partial charge in [0.2, 0.25) is 0 Å². The van der Waals surface area contributed by atoms with Crippen molar-refractivity contribution in [2.75, 3.05) is 25.5 Å². The van der Waals surface area contributed by atoms with Crippen molar-refractivity contribution in [3.8, 4) is 5.75 Å². The second-order valence-corrected chi connectivity index (χ2v) is 7.59. The van der Waals surface area contributed by atoms with Gasteiger partial charge in [0.15, 0.2) is 5.65 Å². The number of imidazole rings is 1. The molecule has 1 aliphatic heterocycles. The van der Waals surface area contributed by atoms with Crippen molar-refractivity contribution in [3.05, 3.63) is 51.5 Å². The number of benzene rings is 1. The first kappa shape index (κ1) is 19.3. The summed E-state index contributed by atoms with van der Waals surface area (Å²) in [5, 5.41) is 3.30. The van der Waals surface area contributed by atoms with Crippen molar-refractivity contribution in [2.24, 2.45) is 0 Å². The quantitative estimate of drug-likeness (QED) is 0.684. The number of nitrogens with one attached hydrogen (secondary N) is 2. The predicted molar refractivity (Wildman–Crippen MR) is 112 cm³/mol. The number of pyridine rings is 1. The lowest BCUT2D eigenvalue weighted by atomic mass is 10.1. The number of likely N-dealkylation sites (tertiary alicyclic amines) is 1. The molecule has 2 aromatic heterocycles. The summed E-state index contributed by atoms with van der Waals surface area (Å²) in [6.07, 6.45) is 3.12. The Kier molecular flexibility index (Phi) is 5.19. The number of amides is 2. The van der Waals surface area contributed by atoms with Crippen molar-refractivity contribution in [2.45, 2.75) is 25.8 Å². The van der Waals surface area contributed by atoms with Gasteiger partial charge < -0.3 is 19.9 Å². The molecule has 0 bridgehead atoms. The van der Waals surface area contributed by atoms with Crippen LogP contribution in [0.2, 0.25) is 5.02 Å². The molecule has 0 unspecified atom stereocenters. The molecule has 0 atom stereocenters. The number of methoxy groups -OCH3 is 1. The van der Waals surface area contributed by atoms with Crippen molar-refractivity contribution in [3.63, 3.8) is 0 Å². The maximum Gasteiger partial charge on any atom is 0.327 e.